The van der Waals surface area contributed by atoms with Crippen LogP contribution in [-0.4, -0.2) is 41.4 Å². The first kappa shape index (κ1) is 17.7. The Morgan fingerprint density at radius 3 is 2.48 bits per heavy atom. The van der Waals surface area contributed by atoms with Crippen LogP contribution in [0.1, 0.15) is 36.0 Å². The molecule has 1 aromatic rings. The maximum absolute atomic E-state index is 12.5. The Bertz CT molecular complexity index is 569. The first-order valence-corrected chi connectivity index (χ1v) is 7.91. The van der Waals surface area contributed by atoms with Gasteiger partial charge in [-0.2, -0.15) is 0 Å². The molecule has 0 spiro atoms. The standard InChI is InChI=1S/C16H21N3O3.ClH/c20-16(14-3-1-2-4-15(14)19(21)22)18-9-7-13(8-10-18)17-11-12-5-6-12;/h1-4,12-13,17H,5-11H2;1H. The van der Waals surface area contributed by atoms with Gasteiger partial charge in [-0.05, 0) is 44.2 Å². The molecule has 1 saturated heterocycles. The van der Waals surface area contributed by atoms with E-state index in [4.69, 9.17) is 0 Å². The van der Waals surface area contributed by atoms with Gasteiger partial charge in [0.05, 0.1) is 4.92 Å². The summed E-state index contributed by atoms with van der Waals surface area (Å²) >= 11 is 0. The van der Waals surface area contributed by atoms with Crippen molar-refractivity contribution in [3.8, 4) is 0 Å². The first-order chi connectivity index (χ1) is 10.6. The summed E-state index contributed by atoms with van der Waals surface area (Å²) in [5.74, 6) is 0.625. The number of nitro benzene ring substituents is 1. The number of piperidine rings is 1. The van der Waals surface area contributed by atoms with E-state index < -0.39 is 4.92 Å². The molecular weight excluding hydrogens is 318 g/mol. The van der Waals surface area contributed by atoms with Crippen LogP contribution in [0.15, 0.2) is 24.3 Å². The number of carbonyl (C=O) groups is 1. The molecule has 7 heteroatoms. The van der Waals surface area contributed by atoms with Crippen molar-refractivity contribution >= 4 is 24.0 Å². The molecule has 0 bridgehead atoms. The number of benzene rings is 1. The molecule has 0 aromatic heterocycles. The molecule has 1 heterocycles. The minimum absolute atomic E-state index is 0. The maximum Gasteiger partial charge on any atom is 0.282 e. The fraction of sp³-hybridized carbons (Fsp3) is 0.562. The predicted octanol–water partition coefficient (Wildman–Crippen LogP) is 2.62. The number of nitrogens with one attached hydrogen (secondary N) is 1. The monoisotopic (exact) mass is 339 g/mol. The SMILES string of the molecule is Cl.O=C(c1ccccc1[N+](=O)[O-])N1CCC(NCC2CC2)CC1. The zero-order valence-corrected chi connectivity index (χ0v) is 13.8. The Labute approximate surface area is 141 Å². The van der Waals surface area contributed by atoms with Gasteiger partial charge in [0.25, 0.3) is 11.6 Å². The van der Waals surface area contributed by atoms with E-state index in [1.807, 2.05) is 0 Å². The van der Waals surface area contributed by atoms with Crippen LogP contribution in [0.3, 0.4) is 0 Å². The van der Waals surface area contributed by atoms with Crippen molar-refractivity contribution in [1.82, 2.24) is 10.2 Å². The molecule has 23 heavy (non-hydrogen) atoms. The van der Waals surface area contributed by atoms with Crippen molar-refractivity contribution in [2.24, 2.45) is 5.92 Å². The summed E-state index contributed by atoms with van der Waals surface area (Å²) in [5.41, 5.74) is 0.0818. The molecule has 6 nitrogen and oxygen atoms in total. The fourth-order valence-corrected chi connectivity index (χ4v) is 2.93. The number of hydrogen-bond acceptors (Lipinski definition) is 4. The zero-order chi connectivity index (χ0) is 15.5. The third-order valence-electron chi connectivity index (χ3n) is 4.51. The number of halogens is 1. The van der Waals surface area contributed by atoms with Crippen LogP contribution in [0.5, 0.6) is 0 Å². The minimum Gasteiger partial charge on any atom is -0.338 e. The predicted molar refractivity (Wildman–Crippen MR) is 90.0 cm³/mol. The van der Waals surface area contributed by atoms with E-state index in [9.17, 15) is 14.9 Å². The lowest BCUT2D eigenvalue weighted by atomic mass is 10.0. The normalized spacial score (nSPS) is 18.3. The van der Waals surface area contributed by atoms with Gasteiger partial charge in [-0.1, -0.05) is 12.1 Å². The molecular formula is C16H22ClN3O3. The molecule has 1 aromatic carbocycles. The first-order valence-electron chi connectivity index (χ1n) is 7.91. The average Bonchev–Trinajstić information content (AvgIpc) is 3.37. The highest BCUT2D eigenvalue weighted by atomic mass is 35.5. The van der Waals surface area contributed by atoms with E-state index in [1.54, 1.807) is 17.0 Å². The number of amides is 1. The van der Waals surface area contributed by atoms with Crippen LogP contribution in [0.2, 0.25) is 0 Å². The molecule has 1 N–H and O–H groups in total. The zero-order valence-electron chi connectivity index (χ0n) is 12.9. The van der Waals surface area contributed by atoms with E-state index >= 15 is 0 Å². The fourth-order valence-electron chi connectivity index (χ4n) is 2.93. The van der Waals surface area contributed by atoms with Crippen molar-refractivity contribution in [3.63, 3.8) is 0 Å². The molecule has 126 valence electrons. The molecule has 0 radical (unpaired) electrons. The molecule has 1 saturated carbocycles. The van der Waals surface area contributed by atoms with Crippen molar-refractivity contribution in [2.75, 3.05) is 19.6 Å². The molecule has 0 atom stereocenters. The van der Waals surface area contributed by atoms with Crippen molar-refractivity contribution in [2.45, 2.75) is 31.7 Å². The summed E-state index contributed by atoms with van der Waals surface area (Å²) in [4.78, 5) is 24.8. The van der Waals surface area contributed by atoms with Gasteiger partial charge in [0.1, 0.15) is 5.56 Å². The topological polar surface area (TPSA) is 75.5 Å². The highest BCUT2D eigenvalue weighted by molar-refractivity contribution is 5.98. The summed E-state index contributed by atoms with van der Waals surface area (Å²) in [6.07, 6.45) is 4.50. The lowest BCUT2D eigenvalue weighted by Crippen LogP contribution is -2.45. The second-order valence-electron chi connectivity index (χ2n) is 6.19. The summed E-state index contributed by atoms with van der Waals surface area (Å²) in [6.45, 7) is 2.41. The highest BCUT2D eigenvalue weighted by Gasteiger charge is 2.29. The van der Waals surface area contributed by atoms with Gasteiger partial charge in [-0.3, -0.25) is 14.9 Å². The van der Waals surface area contributed by atoms with Gasteiger partial charge in [0.2, 0.25) is 0 Å². The van der Waals surface area contributed by atoms with Crippen LogP contribution >= 0.6 is 12.4 Å². The third kappa shape index (κ3) is 4.42. The molecule has 1 amide bonds. The Balaban J connectivity index is 0.00000192. The van der Waals surface area contributed by atoms with E-state index in [2.05, 4.69) is 5.32 Å². The molecule has 2 aliphatic rings. The minimum atomic E-state index is -0.489. The van der Waals surface area contributed by atoms with Crippen LogP contribution in [0.25, 0.3) is 0 Å². The number of carbonyl (C=O) groups excluding carboxylic acids is 1. The average molecular weight is 340 g/mol. The number of para-hydroxylation sites is 1. The highest BCUT2D eigenvalue weighted by Crippen LogP contribution is 2.28. The number of nitro groups is 1. The van der Waals surface area contributed by atoms with Crippen LogP contribution < -0.4 is 5.32 Å². The molecule has 2 fully saturated rings. The second-order valence-corrected chi connectivity index (χ2v) is 6.19. The third-order valence-corrected chi connectivity index (χ3v) is 4.51. The van der Waals surface area contributed by atoms with Crippen molar-refractivity contribution < 1.29 is 9.72 Å². The second kappa shape index (κ2) is 7.75. The van der Waals surface area contributed by atoms with E-state index in [0.29, 0.717) is 19.1 Å². The Kier molecular flexibility index (Phi) is 5.96. The number of rotatable bonds is 5. The lowest BCUT2D eigenvalue weighted by Gasteiger charge is -2.32. The quantitative estimate of drug-likeness (QED) is 0.661. The van der Waals surface area contributed by atoms with Crippen LogP contribution in [0, 0.1) is 16.0 Å². The van der Waals surface area contributed by atoms with E-state index in [0.717, 1.165) is 25.3 Å². The summed E-state index contributed by atoms with van der Waals surface area (Å²) < 4.78 is 0. The number of likely N-dealkylation sites (tertiary alicyclic amines) is 1. The largest absolute Gasteiger partial charge is 0.338 e. The Morgan fingerprint density at radius 2 is 1.87 bits per heavy atom. The summed E-state index contributed by atoms with van der Waals surface area (Å²) in [5, 5.41) is 14.6. The van der Waals surface area contributed by atoms with Gasteiger partial charge in [0, 0.05) is 25.2 Å². The maximum atomic E-state index is 12.5. The molecule has 1 aliphatic heterocycles. The summed E-state index contributed by atoms with van der Waals surface area (Å²) in [7, 11) is 0. The van der Waals surface area contributed by atoms with Crippen LogP contribution in [-0.2, 0) is 0 Å². The molecule has 3 rings (SSSR count). The van der Waals surface area contributed by atoms with Crippen molar-refractivity contribution in [1.29, 1.82) is 0 Å². The van der Waals surface area contributed by atoms with Crippen molar-refractivity contribution in [3.05, 3.63) is 39.9 Å². The van der Waals surface area contributed by atoms with E-state index in [-0.39, 0.29) is 29.6 Å². The van der Waals surface area contributed by atoms with Gasteiger partial charge in [-0.15, -0.1) is 12.4 Å². The smallest absolute Gasteiger partial charge is 0.282 e. The Morgan fingerprint density at radius 1 is 1.22 bits per heavy atom. The van der Waals surface area contributed by atoms with Gasteiger partial charge >= 0.3 is 0 Å². The Hall–Kier alpha value is -1.66. The molecule has 0 unspecified atom stereocenters. The number of hydrogen-bond donors (Lipinski definition) is 1. The van der Waals surface area contributed by atoms with Gasteiger partial charge in [-0.25, -0.2) is 0 Å². The van der Waals surface area contributed by atoms with Gasteiger partial charge in [0.15, 0.2) is 0 Å². The lowest BCUT2D eigenvalue weighted by molar-refractivity contribution is -0.385. The number of nitrogens with zero attached hydrogens (tertiary/aromatic N) is 2. The van der Waals surface area contributed by atoms with Crippen LogP contribution in [0.4, 0.5) is 5.69 Å². The molecule has 1 aliphatic carbocycles. The summed E-state index contributed by atoms with van der Waals surface area (Å²) in [6, 6.07) is 6.65. The van der Waals surface area contributed by atoms with Gasteiger partial charge < -0.3 is 10.2 Å². The van der Waals surface area contributed by atoms with E-state index in [1.165, 1.54) is 25.0 Å².